The smallest absolute Gasteiger partial charge is 0.243 e. The number of sulfonamides is 2. The Balaban J connectivity index is 1.08. The summed E-state index contributed by atoms with van der Waals surface area (Å²) in [6, 6.07) is 11.5. The second-order valence-corrected chi connectivity index (χ2v) is 14.3. The van der Waals surface area contributed by atoms with Crippen LogP contribution in [0.5, 0.6) is 5.75 Å². The summed E-state index contributed by atoms with van der Waals surface area (Å²) in [6.45, 7) is 1.58. The lowest BCUT2D eigenvalue weighted by Gasteiger charge is -2.38. The number of nitrogens with one attached hydrogen (secondary N) is 1. The van der Waals surface area contributed by atoms with Gasteiger partial charge in [-0.05, 0) is 80.3 Å². The first-order valence-corrected chi connectivity index (χ1v) is 16.5. The van der Waals surface area contributed by atoms with Crippen molar-refractivity contribution in [3.05, 3.63) is 53.6 Å². The number of nitrogens with zero attached hydrogens (tertiary/aromatic N) is 1. The van der Waals surface area contributed by atoms with Gasteiger partial charge in [0.1, 0.15) is 18.5 Å². The zero-order chi connectivity index (χ0) is 27.7. The Hall–Kier alpha value is -2.06. The predicted molar refractivity (Wildman–Crippen MR) is 145 cm³/mol. The molecular weight excluding hydrogens is 542 g/mol. The average molecular weight is 580 g/mol. The number of rotatable bonds is 9. The van der Waals surface area contributed by atoms with Crippen molar-refractivity contribution in [2.24, 2.45) is 5.14 Å². The molecule has 2 saturated heterocycles. The highest BCUT2D eigenvalue weighted by atomic mass is 32.2. The van der Waals surface area contributed by atoms with Crippen LogP contribution in [0.4, 0.5) is 0 Å². The fourth-order valence-corrected chi connectivity index (χ4v) is 7.81. The molecule has 0 bridgehead atoms. The first kappa shape index (κ1) is 28.5. The molecule has 39 heavy (non-hydrogen) atoms. The second kappa shape index (κ2) is 11.4. The molecule has 1 aliphatic carbocycles. The molecule has 2 atom stereocenters. The Kier molecular flexibility index (Phi) is 8.35. The van der Waals surface area contributed by atoms with Gasteiger partial charge in [-0.3, -0.25) is 0 Å². The molecule has 2 aromatic carbocycles. The van der Waals surface area contributed by atoms with Crippen LogP contribution < -0.4 is 15.2 Å². The minimum Gasteiger partial charge on any atom is -0.491 e. The van der Waals surface area contributed by atoms with E-state index in [2.05, 4.69) is 5.32 Å². The fourth-order valence-electron chi connectivity index (χ4n) is 5.77. The summed E-state index contributed by atoms with van der Waals surface area (Å²) in [6.07, 6.45) is 5.40. The number of ether oxygens (including phenoxy) is 2. The lowest BCUT2D eigenvalue weighted by Crippen LogP contribution is -2.47. The van der Waals surface area contributed by atoms with Crippen LogP contribution in [-0.4, -0.2) is 76.8 Å². The number of fused-ring (bicyclic) bond motifs is 1. The van der Waals surface area contributed by atoms with Crippen LogP contribution in [-0.2, 0) is 37.6 Å². The van der Waals surface area contributed by atoms with Gasteiger partial charge < -0.3 is 19.9 Å². The van der Waals surface area contributed by atoms with E-state index in [1.807, 2.05) is 12.1 Å². The average Bonchev–Trinajstić information content (AvgIpc) is 3.32. The Morgan fingerprint density at radius 3 is 2.54 bits per heavy atom. The number of piperidine rings is 1. The summed E-state index contributed by atoms with van der Waals surface area (Å²) in [5.74, 6) is 0.306. The van der Waals surface area contributed by atoms with Crippen LogP contribution in [0, 0.1) is 0 Å². The van der Waals surface area contributed by atoms with Gasteiger partial charge in [-0.25, -0.2) is 22.0 Å². The molecular formula is C27H37N3O7S2. The third-order valence-electron chi connectivity index (χ3n) is 8.02. The Bertz CT molecular complexity index is 1390. The molecule has 2 heterocycles. The molecule has 10 nitrogen and oxygen atoms in total. The van der Waals surface area contributed by atoms with Crippen molar-refractivity contribution in [2.45, 2.75) is 72.5 Å². The lowest BCUT2D eigenvalue weighted by atomic mass is 9.88. The van der Waals surface area contributed by atoms with Crippen molar-refractivity contribution >= 4 is 20.0 Å². The van der Waals surface area contributed by atoms with Gasteiger partial charge in [0.05, 0.1) is 22.0 Å². The van der Waals surface area contributed by atoms with Crippen molar-refractivity contribution in [3.63, 3.8) is 0 Å². The Morgan fingerprint density at radius 2 is 1.79 bits per heavy atom. The number of hydrogen-bond acceptors (Lipinski definition) is 8. The number of aliphatic hydroxyl groups is 1. The van der Waals surface area contributed by atoms with Crippen molar-refractivity contribution in [1.82, 2.24) is 9.62 Å². The maximum atomic E-state index is 13.3. The molecule has 0 amide bonds. The number of benzene rings is 2. The summed E-state index contributed by atoms with van der Waals surface area (Å²) in [5.41, 5.74) is 2.06. The highest BCUT2D eigenvalue weighted by Gasteiger charge is 2.44. The van der Waals surface area contributed by atoms with Crippen LogP contribution in [0.3, 0.4) is 0 Å². The molecule has 4 N–H and O–H groups in total. The maximum Gasteiger partial charge on any atom is 0.243 e. The van der Waals surface area contributed by atoms with Crippen LogP contribution in [0.25, 0.3) is 0 Å². The third kappa shape index (κ3) is 6.64. The molecule has 0 aromatic heterocycles. The van der Waals surface area contributed by atoms with E-state index < -0.39 is 26.2 Å². The highest BCUT2D eigenvalue weighted by molar-refractivity contribution is 7.89. The molecule has 0 radical (unpaired) electrons. The molecule has 0 saturated carbocycles. The third-order valence-corrected chi connectivity index (χ3v) is 10.8. The van der Waals surface area contributed by atoms with Crippen molar-refractivity contribution in [2.75, 3.05) is 32.8 Å². The largest absolute Gasteiger partial charge is 0.491 e. The van der Waals surface area contributed by atoms with Crippen LogP contribution in [0.1, 0.15) is 43.2 Å². The van der Waals surface area contributed by atoms with Crippen LogP contribution in [0.15, 0.2) is 52.3 Å². The van der Waals surface area contributed by atoms with Gasteiger partial charge in [0.2, 0.25) is 20.0 Å². The van der Waals surface area contributed by atoms with E-state index in [1.54, 1.807) is 16.4 Å². The minimum atomic E-state index is -3.83. The Labute approximate surface area is 230 Å². The van der Waals surface area contributed by atoms with Gasteiger partial charge in [0.15, 0.2) is 0 Å². The molecule has 1 spiro atoms. The molecule has 1 unspecified atom stereocenters. The van der Waals surface area contributed by atoms with Gasteiger partial charge in [0.25, 0.3) is 0 Å². The predicted octanol–water partition coefficient (Wildman–Crippen LogP) is 1.55. The minimum absolute atomic E-state index is 0.0185. The summed E-state index contributed by atoms with van der Waals surface area (Å²) in [5, 5.41) is 18.8. The molecule has 2 aromatic rings. The summed E-state index contributed by atoms with van der Waals surface area (Å²) in [7, 11) is -7.38. The van der Waals surface area contributed by atoms with E-state index in [-0.39, 0.29) is 29.7 Å². The normalized spacial score (nSPS) is 22.5. The first-order valence-electron chi connectivity index (χ1n) is 13.5. The molecule has 5 rings (SSSR count). The van der Waals surface area contributed by atoms with Crippen LogP contribution >= 0.6 is 0 Å². The molecule has 2 fully saturated rings. The zero-order valence-corrected chi connectivity index (χ0v) is 23.6. The van der Waals surface area contributed by atoms with E-state index >= 15 is 0 Å². The topological polar surface area (TPSA) is 148 Å². The fraction of sp³-hybridized carbons (Fsp3) is 0.556. The van der Waals surface area contributed by atoms with Gasteiger partial charge >= 0.3 is 0 Å². The number of aliphatic hydroxyl groups excluding tert-OH is 1. The first-order chi connectivity index (χ1) is 18.5. The monoisotopic (exact) mass is 579 g/mol. The molecule has 12 heteroatoms. The van der Waals surface area contributed by atoms with Crippen molar-refractivity contribution in [3.8, 4) is 5.75 Å². The van der Waals surface area contributed by atoms with Crippen molar-refractivity contribution < 1.29 is 31.4 Å². The van der Waals surface area contributed by atoms with E-state index in [9.17, 15) is 21.9 Å². The summed E-state index contributed by atoms with van der Waals surface area (Å²) in [4.78, 5) is 0.334. The Morgan fingerprint density at radius 1 is 1.05 bits per heavy atom. The van der Waals surface area contributed by atoms with E-state index in [0.717, 1.165) is 37.7 Å². The standard InChI is InChI=1S/C27H37N3O7S2/c28-38(32,33)25-7-3-6-24(15-25)36-19-23(31)17-29-22-16-27(37-18-22)10-12-30(13-11-27)39(34,35)26-9-8-20-4-1-2-5-21(20)14-26/h3,6-9,14-15,22-23,29,31H,1-2,4-5,10-13,16-19H2,(H2,28,32,33)/t22-,23?/m1/s1. The van der Waals surface area contributed by atoms with Gasteiger partial charge in [-0.1, -0.05) is 12.1 Å². The molecule has 3 aliphatic rings. The highest BCUT2D eigenvalue weighted by Crippen LogP contribution is 2.37. The molecule has 2 aliphatic heterocycles. The number of nitrogens with two attached hydrogens (primary N) is 1. The van der Waals surface area contributed by atoms with E-state index in [4.69, 9.17) is 14.6 Å². The van der Waals surface area contributed by atoms with Gasteiger partial charge in [-0.2, -0.15) is 4.31 Å². The summed E-state index contributed by atoms with van der Waals surface area (Å²) < 4.78 is 63.0. The number of primary sulfonamides is 1. The quantitative estimate of drug-likeness (QED) is 0.405. The van der Waals surface area contributed by atoms with Gasteiger partial charge in [-0.15, -0.1) is 0 Å². The number of aryl methyl sites for hydroxylation is 2. The maximum absolute atomic E-state index is 13.3. The van der Waals surface area contributed by atoms with Crippen LogP contribution in [0.2, 0.25) is 0 Å². The summed E-state index contributed by atoms with van der Waals surface area (Å²) >= 11 is 0. The zero-order valence-electron chi connectivity index (χ0n) is 21.9. The molecule has 214 valence electrons. The van der Waals surface area contributed by atoms with Gasteiger partial charge in [0, 0.05) is 31.7 Å². The number of hydrogen-bond donors (Lipinski definition) is 3. The van der Waals surface area contributed by atoms with E-state index in [0.29, 0.717) is 43.2 Å². The van der Waals surface area contributed by atoms with Crippen molar-refractivity contribution in [1.29, 1.82) is 0 Å². The SMILES string of the molecule is NS(=O)(=O)c1cccc(OCC(O)CN[C@H]2COC3(CCN(S(=O)(=O)c4ccc5c(c4)CCCC5)CC3)C2)c1. The van der Waals surface area contributed by atoms with E-state index in [1.165, 1.54) is 23.8 Å². The lowest BCUT2D eigenvalue weighted by molar-refractivity contribution is -0.0312. The second-order valence-electron chi connectivity index (χ2n) is 10.8.